The third-order valence-corrected chi connectivity index (χ3v) is 7.60. The molecule has 0 spiro atoms. The van der Waals surface area contributed by atoms with E-state index < -0.39 is 16.2 Å². The summed E-state index contributed by atoms with van der Waals surface area (Å²) < 4.78 is 34.6. The molecule has 8 nitrogen and oxygen atoms in total. The first kappa shape index (κ1) is 20.7. The summed E-state index contributed by atoms with van der Waals surface area (Å²) in [6.45, 7) is 0.394. The molecule has 1 aromatic heterocycles. The van der Waals surface area contributed by atoms with Crippen LogP contribution in [0.4, 0.5) is 5.69 Å². The van der Waals surface area contributed by atoms with Gasteiger partial charge in [-0.2, -0.15) is 12.7 Å². The number of hydrogen-bond donors (Lipinski definition) is 2. The molecule has 1 aliphatic heterocycles. The number of nitrogens with zero attached hydrogens (tertiary/aromatic N) is 2. The number of aromatic carboxylic acids is 1. The summed E-state index contributed by atoms with van der Waals surface area (Å²) in [5.41, 5.74) is 0.914. The lowest BCUT2D eigenvalue weighted by molar-refractivity contribution is 0.0696. The number of nitrogens with one attached hydrogen (secondary N) is 1. The van der Waals surface area contributed by atoms with E-state index in [4.69, 9.17) is 9.84 Å². The Kier molecular flexibility index (Phi) is 5.69. The van der Waals surface area contributed by atoms with Gasteiger partial charge in [-0.05, 0) is 37.0 Å². The van der Waals surface area contributed by atoms with Crippen LogP contribution < -0.4 is 9.46 Å². The van der Waals surface area contributed by atoms with E-state index in [2.05, 4.69) is 21.5 Å². The van der Waals surface area contributed by atoms with Gasteiger partial charge in [-0.15, -0.1) is 11.3 Å². The van der Waals surface area contributed by atoms with Crippen molar-refractivity contribution < 1.29 is 23.1 Å². The van der Waals surface area contributed by atoms with E-state index in [1.165, 1.54) is 53.8 Å². The first-order valence-electron chi connectivity index (χ1n) is 9.55. The summed E-state index contributed by atoms with van der Waals surface area (Å²) in [5, 5.41) is 9.82. The zero-order chi connectivity index (χ0) is 21.3. The number of carboxylic acid groups (broad SMARTS) is 1. The molecule has 1 saturated carbocycles. The zero-order valence-electron chi connectivity index (χ0n) is 16.3. The molecule has 0 unspecified atom stereocenters. The molecule has 2 aromatic rings. The van der Waals surface area contributed by atoms with Gasteiger partial charge in [0.1, 0.15) is 5.75 Å². The first-order chi connectivity index (χ1) is 14.4. The summed E-state index contributed by atoms with van der Waals surface area (Å²) in [7, 11) is -2.52. The van der Waals surface area contributed by atoms with E-state index in [1.807, 2.05) is 0 Å². The maximum Gasteiger partial charge on any atom is 0.335 e. The minimum Gasteiger partial charge on any atom is -0.495 e. The van der Waals surface area contributed by atoms with Gasteiger partial charge in [0.05, 0.1) is 37.1 Å². The first-order valence-corrected chi connectivity index (χ1v) is 11.8. The second-order valence-corrected chi connectivity index (χ2v) is 9.99. The average molecular weight is 448 g/mol. The molecule has 2 aliphatic rings. The third kappa shape index (κ3) is 4.28. The number of methoxy groups -OCH3 is 1. The Hall–Kier alpha value is -2.61. The number of aromatic nitrogens is 1. The zero-order valence-corrected chi connectivity index (χ0v) is 18.0. The molecule has 30 heavy (non-hydrogen) atoms. The van der Waals surface area contributed by atoms with E-state index in [0.717, 1.165) is 28.4 Å². The number of thiazole rings is 1. The number of rotatable bonds is 5. The average Bonchev–Trinajstić information content (AvgIpc) is 3.42. The molecule has 0 atom stereocenters. The van der Waals surface area contributed by atoms with E-state index in [0.29, 0.717) is 5.92 Å². The maximum atomic E-state index is 12.8. The normalized spacial score (nSPS) is 16.7. The fourth-order valence-corrected chi connectivity index (χ4v) is 5.78. The van der Waals surface area contributed by atoms with Crippen molar-refractivity contribution in [3.05, 3.63) is 39.3 Å². The van der Waals surface area contributed by atoms with Gasteiger partial charge >= 0.3 is 16.2 Å². The van der Waals surface area contributed by atoms with E-state index in [1.54, 1.807) is 0 Å². The number of ether oxygens (including phenoxy) is 1. The lowest BCUT2D eigenvalue weighted by Crippen LogP contribution is -2.31. The molecule has 0 radical (unpaired) electrons. The van der Waals surface area contributed by atoms with Crippen molar-refractivity contribution in [3.63, 3.8) is 0 Å². The predicted octanol–water partition coefficient (Wildman–Crippen LogP) is 3.06. The molecule has 4 rings (SSSR count). The smallest absolute Gasteiger partial charge is 0.335 e. The molecular weight excluding hydrogens is 426 g/mol. The van der Waals surface area contributed by atoms with Crippen molar-refractivity contribution in [3.8, 4) is 17.6 Å². The number of carboxylic acids is 1. The van der Waals surface area contributed by atoms with Gasteiger partial charge in [0.15, 0.2) is 5.01 Å². The van der Waals surface area contributed by atoms with Crippen molar-refractivity contribution in [2.75, 3.05) is 11.8 Å². The molecule has 1 aromatic carbocycles. The largest absolute Gasteiger partial charge is 0.495 e. The fraction of sp³-hybridized carbons (Fsp3) is 0.400. The van der Waals surface area contributed by atoms with Crippen LogP contribution in [-0.4, -0.2) is 35.9 Å². The second-order valence-electron chi connectivity index (χ2n) is 7.23. The summed E-state index contributed by atoms with van der Waals surface area (Å²) in [6, 6.07) is 3.97. The number of anilines is 1. The molecule has 2 heterocycles. The lowest BCUT2D eigenvalue weighted by Gasteiger charge is -2.18. The summed E-state index contributed by atoms with van der Waals surface area (Å²) in [6.07, 6.45) is 4.76. The standard InChI is InChI=1S/C20H21N3O5S2/c1-28-17-10-14(20(24)25)7-8-15(17)22-30(26,27)23-11-16-18(12-23)29-19(21-16)9-6-13-4-2-3-5-13/h7-8,10,13,22H,2-5,11-12H2,1H3,(H,24,25). The second kappa shape index (κ2) is 8.26. The minimum atomic E-state index is -3.87. The van der Waals surface area contributed by atoms with Crippen LogP contribution in [0.5, 0.6) is 5.75 Å². The lowest BCUT2D eigenvalue weighted by atomic mass is 10.1. The monoisotopic (exact) mass is 447 g/mol. The van der Waals surface area contributed by atoms with Crippen LogP contribution in [0.25, 0.3) is 0 Å². The molecular formula is C20H21N3O5S2. The van der Waals surface area contributed by atoms with Crippen LogP contribution in [-0.2, 0) is 23.3 Å². The Morgan fingerprint density at radius 2 is 2.10 bits per heavy atom. The van der Waals surface area contributed by atoms with Crippen LogP contribution in [0.3, 0.4) is 0 Å². The summed E-state index contributed by atoms with van der Waals surface area (Å²) >= 11 is 1.44. The molecule has 10 heteroatoms. The Morgan fingerprint density at radius 1 is 1.33 bits per heavy atom. The van der Waals surface area contributed by atoms with Gasteiger partial charge in [0, 0.05) is 10.8 Å². The quantitative estimate of drug-likeness (QED) is 0.682. The predicted molar refractivity (Wildman–Crippen MR) is 113 cm³/mol. The molecule has 0 amide bonds. The van der Waals surface area contributed by atoms with Crippen LogP contribution in [0.15, 0.2) is 18.2 Å². The molecule has 0 bridgehead atoms. The third-order valence-electron chi connectivity index (χ3n) is 5.19. The Balaban J connectivity index is 1.46. The van der Waals surface area contributed by atoms with E-state index in [-0.39, 0.29) is 30.1 Å². The van der Waals surface area contributed by atoms with Crippen LogP contribution in [0, 0.1) is 17.8 Å². The number of carbonyl (C=O) groups is 1. The van der Waals surface area contributed by atoms with Crippen molar-refractivity contribution in [1.82, 2.24) is 9.29 Å². The number of benzene rings is 1. The molecule has 158 valence electrons. The molecule has 1 fully saturated rings. The SMILES string of the molecule is COc1cc(C(=O)O)ccc1NS(=O)(=O)N1Cc2nc(C#CC3CCCC3)sc2C1. The summed E-state index contributed by atoms with van der Waals surface area (Å²) in [4.78, 5) is 16.5. The minimum absolute atomic E-state index is 0.00796. The van der Waals surface area contributed by atoms with E-state index >= 15 is 0 Å². The van der Waals surface area contributed by atoms with Gasteiger partial charge < -0.3 is 9.84 Å². The Labute approximate surface area is 179 Å². The van der Waals surface area contributed by atoms with Crippen molar-refractivity contribution in [2.45, 2.75) is 38.8 Å². The van der Waals surface area contributed by atoms with Crippen molar-refractivity contribution >= 4 is 33.2 Å². The van der Waals surface area contributed by atoms with Gasteiger partial charge in [-0.3, -0.25) is 4.72 Å². The topological polar surface area (TPSA) is 109 Å². The van der Waals surface area contributed by atoms with Gasteiger partial charge in [0.2, 0.25) is 0 Å². The highest BCUT2D eigenvalue weighted by atomic mass is 32.2. The highest BCUT2D eigenvalue weighted by Crippen LogP contribution is 2.32. The molecule has 1 aliphatic carbocycles. The van der Waals surface area contributed by atoms with Crippen LogP contribution >= 0.6 is 11.3 Å². The molecule has 2 N–H and O–H groups in total. The van der Waals surface area contributed by atoms with Crippen molar-refractivity contribution in [1.29, 1.82) is 0 Å². The highest BCUT2D eigenvalue weighted by molar-refractivity contribution is 7.90. The van der Waals surface area contributed by atoms with E-state index in [9.17, 15) is 13.2 Å². The Bertz CT molecular complexity index is 1120. The van der Waals surface area contributed by atoms with Gasteiger partial charge in [0.25, 0.3) is 0 Å². The van der Waals surface area contributed by atoms with Gasteiger partial charge in [-0.1, -0.05) is 18.8 Å². The van der Waals surface area contributed by atoms with Crippen molar-refractivity contribution in [2.24, 2.45) is 5.92 Å². The van der Waals surface area contributed by atoms with Crippen LogP contribution in [0.1, 0.15) is 51.6 Å². The summed E-state index contributed by atoms with van der Waals surface area (Å²) in [5.74, 6) is 5.90. The fourth-order valence-electron chi connectivity index (χ4n) is 3.58. The van der Waals surface area contributed by atoms with Gasteiger partial charge in [-0.25, -0.2) is 9.78 Å². The van der Waals surface area contributed by atoms with Crippen LogP contribution in [0.2, 0.25) is 0 Å². The number of hydrogen-bond acceptors (Lipinski definition) is 6. The maximum absolute atomic E-state index is 12.8. The number of fused-ring (bicyclic) bond motifs is 1. The highest BCUT2D eigenvalue weighted by Gasteiger charge is 2.32. The Morgan fingerprint density at radius 3 is 2.77 bits per heavy atom. The molecule has 0 saturated heterocycles.